The van der Waals surface area contributed by atoms with Crippen LogP contribution >= 0.6 is 23.1 Å². The molecular formula is C15H16N4O2S2. The monoisotopic (exact) mass is 348 g/mol. The van der Waals surface area contributed by atoms with E-state index in [1.165, 1.54) is 0 Å². The van der Waals surface area contributed by atoms with Crippen molar-refractivity contribution in [2.24, 2.45) is 0 Å². The van der Waals surface area contributed by atoms with Gasteiger partial charge in [-0.05, 0) is 19.1 Å². The number of aromatic nitrogens is 4. The number of rotatable bonds is 6. The molecule has 1 N–H and O–H groups in total. The second-order valence-electron chi connectivity index (χ2n) is 4.68. The molecule has 2 aromatic heterocycles. The normalized spacial score (nSPS) is 10.7. The maximum atomic E-state index is 5.40. The van der Waals surface area contributed by atoms with Crippen molar-refractivity contribution in [3.8, 4) is 22.9 Å². The van der Waals surface area contributed by atoms with Crippen LogP contribution in [0.15, 0.2) is 28.7 Å². The highest BCUT2D eigenvalue weighted by atomic mass is 32.2. The number of nitrogens with zero attached hydrogens (tertiary/aromatic N) is 3. The van der Waals surface area contributed by atoms with Gasteiger partial charge >= 0.3 is 0 Å². The van der Waals surface area contributed by atoms with Crippen molar-refractivity contribution in [3.05, 3.63) is 34.3 Å². The van der Waals surface area contributed by atoms with Crippen LogP contribution in [0.2, 0.25) is 0 Å². The maximum Gasteiger partial charge on any atom is 0.209 e. The number of thiazole rings is 1. The van der Waals surface area contributed by atoms with E-state index in [1.807, 2.05) is 25.1 Å². The summed E-state index contributed by atoms with van der Waals surface area (Å²) in [5.41, 5.74) is 1.89. The minimum absolute atomic E-state index is 0.668. The van der Waals surface area contributed by atoms with Gasteiger partial charge in [0.15, 0.2) is 5.82 Å². The van der Waals surface area contributed by atoms with Gasteiger partial charge in [-0.1, -0.05) is 11.8 Å². The number of aryl methyl sites for hydroxylation is 1. The Morgan fingerprint density at radius 1 is 1.22 bits per heavy atom. The smallest absolute Gasteiger partial charge is 0.209 e. The van der Waals surface area contributed by atoms with Gasteiger partial charge in [-0.3, -0.25) is 5.10 Å². The molecule has 0 aliphatic carbocycles. The predicted octanol–water partition coefficient (Wildman–Crippen LogP) is 3.55. The molecule has 0 spiro atoms. The minimum Gasteiger partial charge on any atom is -0.497 e. The molecule has 0 atom stereocenters. The minimum atomic E-state index is 0.668. The van der Waals surface area contributed by atoms with Gasteiger partial charge in [0.25, 0.3) is 0 Å². The highest BCUT2D eigenvalue weighted by Gasteiger charge is 2.13. The standard InChI is InChI=1S/C15H16N4O2S2/c1-9-16-10(7-22-9)8-23-15-17-14(18-19-15)12-5-4-11(20-2)6-13(12)21-3/h4-7H,8H2,1-3H3,(H,17,18,19). The molecule has 23 heavy (non-hydrogen) atoms. The summed E-state index contributed by atoms with van der Waals surface area (Å²) in [5.74, 6) is 2.84. The summed E-state index contributed by atoms with van der Waals surface area (Å²) in [7, 11) is 3.24. The molecule has 0 saturated heterocycles. The van der Waals surface area contributed by atoms with E-state index < -0.39 is 0 Å². The molecule has 3 rings (SSSR count). The number of hydrogen-bond acceptors (Lipinski definition) is 7. The molecule has 0 bridgehead atoms. The van der Waals surface area contributed by atoms with Crippen molar-refractivity contribution in [2.45, 2.75) is 17.8 Å². The molecule has 0 saturated carbocycles. The molecule has 120 valence electrons. The maximum absolute atomic E-state index is 5.40. The Bertz CT molecular complexity index is 800. The van der Waals surface area contributed by atoms with E-state index in [9.17, 15) is 0 Å². The number of nitrogens with one attached hydrogen (secondary N) is 1. The summed E-state index contributed by atoms with van der Waals surface area (Å²) in [5, 5.41) is 11.0. The third-order valence-electron chi connectivity index (χ3n) is 3.14. The van der Waals surface area contributed by atoms with Crippen LogP contribution < -0.4 is 9.47 Å². The number of hydrogen-bond donors (Lipinski definition) is 1. The van der Waals surface area contributed by atoms with Crippen molar-refractivity contribution in [2.75, 3.05) is 14.2 Å². The molecule has 0 amide bonds. The highest BCUT2D eigenvalue weighted by Crippen LogP contribution is 2.32. The fourth-order valence-electron chi connectivity index (χ4n) is 2.04. The Morgan fingerprint density at radius 2 is 2.09 bits per heavy atom. The van der Waals surface area contributed by atoms with Crippen molar-refractivity contribution in [1.82, 2.24) is 20.2 Å². The van der Waals surface area contributed by atoms with Gasteiger partial charge < -0.3 is 9.47 Å². The second kappa shape index (κ2) is 7.01. The fourth-order valence-corrected chi connectivity index (χ4v) is 3.45. The first-order valence-electron chi connectivity index (χ1n) is 6.88. The average Bonchev–Trinajstić information content (AvgIpc) is 3.21. The molecule has 3 aromatic rings. The van der Waals surface area contributed by atoms with Gasteiger partial charge in [-0.25, -0.2) is 9.97 Å². The number of methoxy groups -OCH3 is 2. The second-order valence-corrected chi connectivity index (χ2v) is 6.68. The van der Waals surface area contributed by atoms with E-state index in [2.05, 4.69) is 25.5 Å². The van der Waals surface area contributed by atoms with Crippen LogP contribution in [-0.2, 0) is 5.75 Å². The summed E-state index contributed by atoms with van der Waals surface area (Å²) in [6.45, 7) is 2.00. The Morgan fingerprint density at radius 3 is 2.78 bits per heavy atom. The van der Waals surface area contributed by atoms with E-state index >= 15 is 0 Å². The van der Waals surface area contributed by atoms with Crippen molar-refractivity contribution < 1.29 is 9.47 Å². The third kappa shape index (κ3) is 3.65. The van der Waals surface area contributed by atoms with Crippen LogP contribution in [-0.4, -0.2) is 34.4 Å². The van der Waals surface area contributed by atoms with E-state index in [-0.39, 0.29) is 0 Å². The SMILES string of the molecule is COc1ccc(-c2nc(SCc3csc(C)n3)n[nH]2)c(OC)c1. The first kappa shape index (κ1) is 15.8. The molecule has 1 aromatic carbocycles. The molecule has 0 fully saturated rings. The summed E-state index contributed by atoms with van der Waals surface area (Å²) in [6.07, 6.45) is 0. The summed E-state index contributed by atoms with van der Waals surface area (Å²) < 4.78 is 10.6. The zero-order chi connectivity index (χ0) is 16.2. The molecule has 0 unspecified atom stereocenters. The Hall–Kier alpha value is -2.06. The van der Waals surface area contributed by atoms with Crippen LogP contribution in [0.25, 0.3) is 11.4 Å². The lowest BCUT2D eigenvalue weighted by atomic mass is 10.2. The Labute approximate surface area is 142 Å². The van der Waals surface area contributed by atoms with E-state index in [0.29, 0.717) is 16.7 Å². The number of thioether (sulfide) groups is 1. The van der Waals surface area contributed by atoms with Crippen molar-refractivity contribution in [1.29, 1.82) is 0 Å². The fraction of sp³-hybridized carbons (Fsp3) is 0.267. The number of H-pyrrole nitrogens is 1. The van der Waals surface area contributed by atoms with Gasteiger partial charge in [0.05, 0.1) is 30.5 Å². The topological polar surface area (TPSA) is 72.9 Å². The lowest BCUT2D eigenvalue weighted by Gasteiger charge is -2.07. The predicted molar refractivity (Wildman–Crippen MR) is 91.3 cm³/mol. The van der Waals surface area contributed by atoms with Gasteiger partial charge in [-0.15, -0.1) is 16.4 Å². The average molecular weight is 348 g/mol. The Kier molecular flexibility index (Phi) is 4.82. The molecule has 8 heteroatoms. The van der Waals surface area contributed by atoms with Crippen LogP contribution in [0.3, 0.4) is 0 Å². The summed E-state index contributed by atoms with van der Waals surface area (Å²) in [6, 6.07) is 5.59. The van der Waals surface area contributed by atoms with Crippen LogP contribution in [0.4, 0.5) is 0 Å². The van der Waals surface area contributed by atoms with Crippen LogP contribution in [0.5, 0.6) is 11.5 Å². The van der Waals surface area contributed by atoms with E-state index in [1.54, 1.807) is 37.3 Å². The van der Waals surface area contributed by atoms with Gasteiger partial charge in [-0.2, -0.15) is 0 Å². The van der Waals surface area contributed by atoms with E-state index in [4.69, 9.17) is 9.47 Å². The molecule has 6 nitrogen and oxygen atoms in total. The molecule has 0 radical (unpaired) electrons. The zero-order valence-electron chi connectivity index (χ0n) is 13.0. The third-order valence-corrected chi connectivity index (χ3v) is 4.85. The highest BCUT2D eigenvalue weighted by molar-refractivity contribution is 7.98. The summed E-state index contributed by atoms with van der Waals surface area (Å²) in [4.78, 5) is 8.95. The van der Waals surface area contributed by atoms with Crippen molar-refractivity contribution >= 4 is 23.1 Å². The van der Waals surface area contributed by atoms with Crippen LogP contribution in [0.1, 0.15) is 10.7 Å². The molecule has 0 aliphatic heterocycles. The van der Waals surface area contributed by atoms with Crippen molar-refractivity contribution in [3.63, 3.8) is 0 Å². The molecule has 2 heterocycles. The number of ether oxygens (including phenoxy) is 2. The number of aromatic amines is 1. The summed E-state index contributed by atoms with van der Waals surface area (Å²) >= 11 is 3.20. The van der Waals surface area contributed by atoms with Gasteiger partial charge in [0.1, 0.15) is 11.5 Å². The first-order valence-corrected chi connectivity index (χ1v) is 8.74. The molecule has 0 aliphatic rings. The lowest BCUT2D eigenvalue weighted by molar-refractivity contribution is 0.395. The largest absolute Gasteiger partial charge is 0.497 e. The Balaban J connectivity index is 1.76. The quantitative estimate of drug-likeness (QED) is 0.687. The molecular weight excluding hydrogens is 332 g/mol. The zero-order valence-corrected chi connectivity index (χ0v) is 14.6. The van der Waals surface area contributed by atoms with Crippen LogP contribution in [0, 0.1) is 6.92 Å². The first-order chi connectivity index (χ1) is 11.2. The van der Waals surface area contributed by atoms with Gasteiger partial charge in [0, 0.05) is 17.2 Å². The van der Waals surface area contributed by atoms with Gasteiger partial charge in [0.2, 0.25) is 5.16 Å². The number of benzene rings is 1. The lowest BCUT2D eigenvalue weighted by Crippen LogP contribution is -1.91. The van der Waals surface area contributed by atoms with E-state index in [0.717, 1.165) is 27.8 Å².